The standard InChI is InChI=1S/C18H21ClN2O5S/c1-12-5-6-13(19)9-15(12)20-18(22)11-21(27(4,23)24)14-7-8-16(25-2)17(10-14)26-3/h5-10H,11H2,1-4H3,(H,20,22). The quantitative estimate of drug-likeness (QED) is 0.755. The van der Waals surface area contributed by atoms with E-state index in [1.54, 1.807) is 30.3 Å². The van der Waals surface area contributed by atoms with E-state index in [-0.39, 0.29) is 5.69 Å². The molecule has 0 fully saturated rings. The van der Waals surface area contributed by atoms with Crippen LogP contribution in [0.4, 0.5) is 11.4 Å². The van der Waals surface area contributed by atoms with Crippen LogP contribution >= 0.6 is 11.6 Å². The number of amides is 1. The first kappa shape index (κ1) is 20.9. The van der Waals surface area contributed by atoms with Crippen LogP contribution in [-0.2, 0) is 14.8 Å². The van der Waals surface area contributed by atoms with Crippen molar-refractivity contribution in [3.05, 3.63) is 47.0 Å². The molecule has 1 amide bonds. The Morgan fingerprint density at radius 3 is 2.37 bits per heavy atom. The summed E-state index contributed by atoms with van der Waals surface area (Å²) in [5.41, 5.74) is 1.62. The number of rotatable bonds is 7. The average molecular weight is 413 g/mol. The lowest BCUT2D eigenvalue weighted by molar-refractivity contribution is -0.114. The van der Waals surface area contributed by atoms with Crippen LogP contribution in [0.15, 0.2) is 36.4 Å². The lowest BCUT2D eigenvalue weighted by Crippen LogP contribution is -2.37. The molecule has 0 radical (unpaired) electrons. The van der Waals surface area contributed by atoms with Gasteiger partial charge in [-0.25, -0.2) is 8.42 Å². The Hall–Kier alpha value is -2.45. The van der Waals surface area contributed by atoms with Crippen LogP contribution < -0.4 is 19.1 Å². The van der Waals surface area contributed by atoms with Crippen molar-refractivity contribution in [2.45, 2.75) is 6.92 Å². The molecule has 0 spiro atoms. The van der Waals surface area contributed by atoms with E-state index in [0.29, 0.717) is 22.2 Å². The Bertz CT molecular complexity index is 947. The van der Waals surface area contributed by atoms with Gasteiger partial charge in [-0.05, 0) is 36.8 Å². The van der Waals surface area contributed by atoms with Crippen LogP contribution in [0.2, 0.25) is 5.02 Å². The second-order valence-corrected chi connectivity index (χ2v) is 8.16. The number of ether oxygens (including phenoxy) is 2. The summed E-state index contributed by atoms with van der Waals surface area (Å²) in [6.07, 6.45) is 1.03. The molecule has 7 nitrogen and oxygen atoms in total. The zero-order valence-electron chi connectivity index (χ0n) is 15.4. The van der Waals surface area contributed by atoms with Gasteiger partial charge in [0.15, 0.2) is 11.5 Å². The molecule has 2 aromatic rings. The summed E-state index contributed by atoms with van der Waals surface area (Å²) >= 11 is 5.95. The Kier molecular flexibility index (Phi) is 6.56. The van der Waals surface area contributed by atoms with Crippen LogP contribution in [0.25, 0.3) is 0 Å². The summed E-state index contributed by atoms with van der Waals surface area (Å²) in [4.78, 5) is 12.5. The van der Waals surface area contributed by atoms with E-state index in [4.69, 9.17) is 21.1 Å². The minimum atomic E-state index is -3.72. The highest BCUT2D eigenvalue weighted by molar-refractivity contribution is 7.92. The van der Waals surface area contributed by atoms with Crippen molar-refractivity contribution in [1.82, 2.24) is 0 Å². The van der Waals surface area contributed by atoms with Gasteiger partial charge in [0.2, 0.25) is 15.9 Å². The molecule has 146 valence electrons. The number of nitrogens with zero attached hydrogens (tertiary/aromatic N) is 1. The van der Waals surface area contributed by atoms with Gasteiger partial charge in [-0.15, -0.1) is 0 Å². The molecule has 0 saturated heterocycles. The summed E-state index contributed by atoms with van der Waals surface area (Å²) < 4.78 is 35.8. The van der Waals surface area contributed by atoms with Gasteiger partial charge in [-0.2, -0.15) is 0 Å². The van der Waals surface area contributed by atoms with Crippen molar-refractivity contribution in [2.24, 2.45) is 0 Å². The molecular weight excluding hydrogens is 392 g/mol. The van der Waals surface area contributed by atoms with Crippen LogP contribution in [0.5, 0.6) is 11.5 Å². The fourth-order valence-corrected chi connectivity index (χ4v) is 3.45. The Labute approximate surface area is 163 Å². The SMILES string of the molecule is COc1ccc(N(CC(=O)Nc2cc(Cl)ccc2C)S(C)(=O)=O)cc1OC. The van der Waals surface area contributed by atoms with E-state index in [2.05, 4.69) is 5.32 Å². The molecule has 2 rings (SSSR count). The molecule has 0 atom stereocenters. The van der Waals surface area contributed by atoms with E-state index in [9.17, 15) is 13.2 Å². The van der Waals surface area contributed by atoms with E-state index in [0.717, 1.165) is 16.1 Å². The molecule has 0 aliphatic rings. The van der Waals surface area contributed by atoms with Gasteiger partial charge in [0.05, 0.1) is 26.2 Å². The largest absolute Gasteiger partial charge is 0.493 e. The molecule has 0 heterocycles. The van der Waals surface area contributed by atoms with Crippen LogP contribution in [0, 0.1) is 6.92 Å². The van der Waals surface area contributed by atoms with Gasteiger partial charge < -0.3 is 14.8 Å². The molecular formula is C18H21ClN2O5S. The molecule has 0 saturated carbocycles. The molecule has 9 heteroatoms. The minimum absolute atomic E-state index is 0.285. The Morgan fingerprint density at radius 2 is 1.78 bits per heavy atom. The summed E-state index contributed by atoms with van der Waals surface area (Å²) in [5.74, 6) is 0.309. The minimum Gasteiger partial charge on any atom is -0.493 e. The highest BCUT2D eigenvalue weighted by Crippen LogP contribution is 2.32. The zero-order valence-corrected chi connectivity index (χ0v) is 17.0. The second kappa shape index (κ2) is 8.49. The molecule has 0 aliphatic carbocycles. The number of anilines is 2. The van der Waals surface area contributed by atoms with Crippen molar-refractivity contribution in [1.29, 1.82) is 0 Å². The van der Waals surface area contributed by atoms with Crippen molar-refractivity contribution in [2.75, 3.05) is 36.6 Å². The van der Waals surface area contributed by atoms with Crippen LogP contribution in [0.3, 0.4) is 0 Å². The van der Waals surface area contributed by atoms with Gasteiger partial charge in [0.25, 0.3) is 0 Å². The fraction of sp³-hybridized carbons (Fsp3) is 0.278. The van der Waals surface area contributed by atoms with E-state index in [1.165, 1.54) is 20.3 Å². The maximum Gasteiger partial charge on any atom is 0.245 e. The molecule has 2 aromatic carbocycles. The molecule has 27 heavy (non-hydrogen) atoms. The summed E-state index contributed by atoms with van der Waals surface area (Å²) in [6, 6.07) is 9.69. The first-order valence-electron chi connectivity index (χ1n) is 7.91. The summed E-state index contributed by atoms with van der Waals surface area (Å²) in [6.45, 7) is 1.41. The molecule has 0 unspecified atom stereocenters. The lowest BCUT2D eigenvalue weighted by Gasteiger charge is -2.23. The van der Waals surface area contributed by atoms with Gasteiger partial charge in [-0.1, -0.05) is 17.7 Å². The van der Waals surface area contributed by atoms with Gasteiger partial charge in [0.1, 0.15) is 6.54 Å². The Balaban J connectivity index is 2.30. The molecule has 0 bridgehead atoms. The molecule has 0 aliphatic heterocycles. The van der Waals surface area contributed by atoms with E-state index >= 15 is 0 Å². The fourth-order valence-electron chi connectivity index (χ4n) is 2.43. The summed E-state index contributed by atoms with van der Waals surface area (Å²) in [5, 5.41) is 3.16. The number of hydrogen-bond donors (Lipinski definition) is 1. The number of halogens is 1. The smallest absolute Gasteiger partial charge is 0.245 e. The molecule has 1 N–H and O–H groups in total. The van der Waals surface area contributed by atoms with Crippen molar-refractivity contribution in [3.63, 3.8) is 0 Å². The third-order valence-electron chi connectivity index (χ3n) is 3.82. The number of nitrogens with one attached hydrogen (secondary N) is 1. The van der Waals surface area contributed by atoms with Crippen molar-refractivity contribution >= 4 is 38.9 Å². The number of benzene rings is 2. The van der Waals surface area contributed by atoms with Gasteiger partial charge in [-0.3, -0.25) is 9.10 Å². The normalized spacial score (nSPS) is 11.0. The lowest BCUT2D eigenvalue weighted by atomic mass is 10.2. The van der Waals surface area contributed by atoms with E-state index < -0.39 is 22.5 Å². The highest BCUT2D eigenvalue weighted by atomic mass is 35.5. The number of sulfonamides is 1. The number of hydrogen-bond acceptors (Lipinski definition) is 5. The van der Waals surface area contributed by atoms with Crippen molar-refractivity contribution < 1.29 is 22.7 Å². The zero-order chi connectivity index (χ0) is 20.2. The second-order valence-electron chi connectivity index (χ2n) is 5.82. The summed E-state index contributed by atoms with van der Waals surface area (Å²) in [7, 11) is -0.794. The van der Waals surface area contributed by atoms with E-state index in [1.807, 2.05) is 6.92 Å². The predicted molar refractivity (Wildman–Crippen MR) is 107 cm³/mol. The van der Waals surface area contributed by atoms with Crippen molar-refractivity contribution in [3.8, 4) is 11.5 Å². The third-order valence-corrected chi connectivity index (χ3v) is 5.19. The van der Waals surface area contributed by atoms with Gasteiger partial charge in [0, 0.05) is 16.8 Å². The first-order valence-corrected chi connectivity index (χ1v) is 10.1. The number of carbonyl (C=O) groups is 1. The monoisotopic (exact) mass is 412 g/mol. The first-order chi connectivity index (χ1) is 12.7. The number of aryl methyl sites for hydroxylation is 1. The maximum absolute atomic E-state index is 12.5. The maximum atomic E-state index is 12.5. The highest BCUT2D eigenvalue weighted by Gasteiger charge is 2.22. The number of methoxy groups -OCH3 is 2. The van der Waals surface area contributed by atoms with Crippen LogP contribution in [0.1, 0.15) is 5.56 Å². The topological polar surface area (TPSA) is 84.9 Å². The Morgan fingerprint density at radius 1 is 1.11 bits per heavy atom. The molecule has 0 aromatic heterocycles. The number of carbonyl (C=O) groups excluding carboxylic acids is 1. The third kappa shape index (κ3) is 5.27. The average Bonchev–Trinajstić information content (AvgIpc) is 2.61. The predicted octanol–water partition coefficient (Wildman–Crippen LogP) is 3.07. The van der Waals surface area contributed by atoms with Crippen LogP contribution in [-0.4, -0.2) is 41.3 Å². The van der Waals surface area contributed by atoms with Gasteiger partial charge >= 0.3 is 0 Å².